The second-order valence-corrected chi connectivity index (χ2v) is 6.86. The largest absolute Gasteiger partial charge is 0.338 e. The lowest BCUT2D eigenvalue weighted by Gasteiger charge is -2.36. The summed E-state index contributed by atoms with van der Waals surface area (Å²) in [5.74, 6) is -0.410. The molecule has 1 saturated heterocycles. The molecule has 3 amide bonds. The first-order valence-corrected chi connectivity index (χ1v) is 8.90. The van der Waals surface area contributed by atoms with Gasteiger partial charge < -0.3 is 4.90 Å². The zero-order valence-corrected chi connectivity index (χ0v) is 14.6. The minimum absolute atomic E-state index is 0.0175. The summed E-state index contributed by atoms with van der Waals surface area (Å²) in [5.41, 5.74) is 2.64. The summed E-state index contributed by atoms with van der Waals surface area (Å²) in [6.45, 7) is 3.02. The van der Waals surface area contributed by atoms with Crippen molar-refractivity contribution >= 4 is 17.7 Å². The number of carbonyl (C=O) groups is 3. The van der Waals surface area contributed by atoms with E-state index in [4.69, 9.17) is 0 Å². The van der Waals surface area contributed by atoms with E-state index in [-0.39, 0.29) is 23.8 Å². The van der Waals surface area contributed by atoms with E-state index in [1.54, 1.807) is 24.3 Å². The number of nitrogens with zero attached hydrogens (tertiary/aromatic N) is 2. The summed E-state index contributed by atoms with van der Waals surface area (Å²) in [6, 6.07) is 14.4. The Morgan fingerprint density at radius 3 is 2.00 bits per heavy atom. The van der Waals surface area contributed by atoms with Gasteiger partial charge in [0.2, 0.25) is 0 Å². The number of amides is 3. The SMILES string of the molecule is Cc1ccccc1C(=O)N1CCC(N2C(=O)c3ccccc3C2=O)CC1. The first kappa shape index (κ1) is 16.5. The lowest BCUT2D eigenvalue weighted by molar-refractivity contribution is 0.0479. The van der Waals surface area contributed by atoms with Gasteiger partial charge in [0.25, 0.3) is 17.7 Å². The molecule has 0 N–H and O–H groups in total. The molecule has 4 rings (SSSR count). The summed E-state index contributed by atoms with van der Waals surface area (Å²) in [4.78, 5) is 41.2. The Morgan fingerprint density at radius 2 is 1.42 bits per heavy atom. The molecule has 2 aliphatic rings. The molecule has 0 aromatic heterocycles. The Hall–Kier alpha value is -2.95. The summed E-state index contributed by atoms with van der Waals surface area (Å²) < 4.78 is 0. The molecule has 0 unspecified atom stereocenters. The van der Waals surface area contributed by atoms with E-state index in [0.717, 1.165) is 5.56 Å². The van der Waals surface area contributed by atoms with E-state index >= 15 is 0 Å². The molecule has 0 saturated carbocycles. The molecule has 2 aromatic carbocycles. The van der Waals surface area contributed by atoms with Gasteiger partial charge in [-0.2, -0.15) is 0 Å². The van der Waals surface area contributed by atoms with Crippen LogP contribution < -0.4 is 0 Å². The van der Waals surface area contributed by atoms with Crippen molar-refractivity contribution in [2.24, 2.45) is 0 Å². The smallest absolute Gasteiger partial charge is 0.261 e. The molecule has 2 aromatic rings. The molecule has 0 radical (unpaired) electrons. The van der Waals surface area contributed by atoms with Crippen LogP contribution >= 0.6 is 0 Å². The fraction of sp³-hybridized carbons (Fsp3) is 0.286. The average Bonchev–Trinajstić information content (AvgIpc) is 2.93. The highest BCUT2D eigenvalue weighted by atomic mass is 16.2. The third kappa shape index (κ3) is 2.60. The van der Waals surface area contributed by atoms with Gasteiger partial charge in [-0.25, -0.2) is 0 Å². The molecule has 2 heterocycles. The number of aryl methyl sites for hydroxylation is 1. The van der Waals surface area contributed by atoms with Crippen LogP contribution in [0.2, 0.25) is 0 Å². The van der Waals surface area contributed by atoms with Crippen molar-refractivity contribution < 1.29 is 14.4 Å². The van der Waals surface area contributed by atoms with Gasteiger partial charge in [-0.15, -0.1) is 0 Å². The highest BCUT2D eigenvalue weighted by molar-refractivity contribution is 6.21. The van der Waals surface area contributed by atoms with Gasteiger partial charge in [0.15, 0.2) is 0 Å². The van der Waals surface area contributed by atoms with Crippen LogP contribution in [0.5, 0.6) is 0 Å². The van der Waals surface area contributed by atoms with Crippen LogP contribution in [0.25, 0.3) is 0 Å². The van der Waals surface area contributed by atoms with Crippen molar-refractivity contribution in [3.8, 4) is 0 Å². The fourth-order valence-corrected chi connectivity index (χ4v) is 3.85. The molecule has 5 heteroatoms. The second kappa shape index (κ2) is 6.41. The number of likely N-dealkylation sites (tertiary alicyclic amines) is 1. The molecular weight excluding hydrogens is 328 g/mol. The summed E-state index contributed by atoms with van der Waals surface area (Å²) in [6.07, 6.45) is 1.23. The summed E-state index contributed by atoms with van der Waals surface area (Å²) >= 11 is 0. The van der Waals surface area contributed by atoms with Crippen LogP contribution in [-0.4, -0.2) is 46.7 Å². The second-order valence-electron chi connectivity index (χ2n) is 6.86. The van der Waals surface area contributed by atoms with Crippen LogP contribution in [0.3, 0.4) is 0 Å². The Morgan fingerprint density at radius 1 is 0.885 bits per heavy atom. The third-order valence-electron chi connectivity index (χ3n) is 5.32. The van der Waals surface area contributed by atoms with Crippen LogP contribution in [0.1, 0.15) is 49.5 Å². The van der Waals surface area contributed by atoms with Crippen molar-refractivity contribution in [3.63, 3.8) is 0 Å². The van der Waals surface area contributed by atoms with Gasteiger partial charge in [-0.1, -0.05) is 30.3 Å². The number of benzene rings is 2. The molecule has 132 valence electrons. The Kier molecular flexibility index (Phi) is 4.07. The van der Waals surface area contributed by atoms with Crippen molar-refractivity contribution in [3.05, 3.63) is 70.8 Å². The number of fused-ring (bicyclic) bond motifs is 1. The maximum atomic E-state index is 12.7. The van der Waals surface area contributed by atoms with E-state index in [2.05, 4.69) is 0 Å². The van der Waals surface area contributed by atoms with Gasteiger partial charge in [0.1, 0.15) is 0 Å². The highest BCUT2D eigenvalue weighted by Crippen LogP contribution is 2.29. The van der Waals surface area contributed by atoms with Crippen molar-refractivity contribution in [1.82, 2.24) is 9.80 Å². The number of imide groups is 1. The number of hydrogen-bond acceptors (Lipinski definition) is 3. The zero-order valence-electron chi connectivity index (χ0n) is 14.6. The quantitative estimate of drug-likeness (QED) is 0.784. The average molecular weight is 348 g/mol. The maximum absolute atomic E-state index is 12.7. The van der Waals surface area contributed by atoms with Crippen LogP contribution in [0, 0.1) is 6.92 Å². The lowest BCUT2D eigenvalue weighted by Crippen LogP contribution is -2.48. The van der Waals surface area contributed by atoms with Gasteiger partial charge in [0, 0.05) is 24.7 Å². The number of carbonyl (C=O) groups excluding carboxylic acids is 3. The molecule has 0 bridgehead atoms. The molecule has 5 nitrogen and oxygen atoms in total. The Bertz CT molecular complexity index is 863. The van der Waals surface area contributed by atoms with Crippen LogP contribution in [0.4, 0.5) is 0 Å². The van der Waals surface area contributed by atoms with Gasteiger partial charge in [-0.3, -0.25) is 19.3 Å². The lowest BCUT2D eigenvalue weighted by atomic mass is 10.0. The molecule has 2 aliphatic heterocycles. The predicted molar refractivity (Wildman–Crippen MR) is 97.0 cm³/mol. The first-order chi connectivity index (χ1) is 12.6. The Labute approximate surface area is 152 Å². The van der Waals surface area contributed by atoms with E-state index in [1.165, 1.54) is 4.90 Å². The zero-order chi connectivity index (χ0) is 18.3. The standard InChI is InChI=1S/C21H20N2O3/c1-14-6-2-3-7-16(14)19(24)22-12-10-15(11-13-22)23-20(25)17-8-4-5-9-18(17)21(23)26/h2-9,15H,10-13H2,1H3. The third-order valence-corrected chi connectivity index (χ3v) is 5.32. The highest BCUT2D eigenvalue weighted by Gasteiger charge is 2.41. The number of rotatable bonds is 2. The van der Waals surface area contributed by atoms with Crippen molar-refractivity contribution in [2.45, 2.75) is 25.8 Å². The molecule has 0 spiro atoms. The van der Waals surface area contributed by atoms with Crippen LogP contribution in [0.15, 0.2) is 48.5 Å². The van der Waals surface area contributed by atoms with Gasteiger partial charge >= 0.3 is 0 Å². The van der Waals surface area contributed by atoms with E-state index in [0.29, 0.717) is 42.6 Å². The maximum Gasteiger partial charge on any atom is 0.261 e. The molecule has 0 atom stereocenters. The molecule has 0 aliphatic carbocycles. The minimum Gasteiger partial charge on any atom is -0.338 e. The topological polar surface area (TPSA) is 57.7 Å². The fourth-order valence-electron chi connectivity index (χ4n) is 3.85. The molecule has 1 fully saturated rings. The van der Waals surface area contributed by atoms with Gasteiger partial charge in [-0.05, 0) is 43.5 Å². The predicted octanol–water partition coefficient (Wildman–Crippen LogP) is 2.90. The van der Waals surface area contributed by atoms with Crippen molar-refractivity contribution in [1.29, 1.82) is 0 Å². The van der Waals surface area contributed by atoms with E-state index in [9.17, 15) is 14.4 Å². The van der Waals surface area contributed by atoms with E-state index < -0.39 is 0 Å². The summed E-state index contributed by atoms with van der Waals surface area (Å²) in [5, 5.41) is 0. The van der Waals surface area contributed by atoms with Crippen molar-refractivity contribution in [2.75, 3.05) is 13.1 Å². The van der Waals surface area contributed by atoms with Crippen LogP contribution in [-0.2, 0) is 0 Å². The minimum atomic E-state index is -0.214. The van der Waals surface area contributed by atoms with Gasteiger partial charge in [0.05, 0.1) is 11.1 Å². The number of hydrogen-bond donors (Lipinski definition) is 0. The monoisotopic (exact) mass is 348 g/mol. The van der Waals surface area contributed by atoms with E-state index in [1.807, 2.05) is 36.1 Å². The Balaban J connectivity index is 1.46. The number of piperidine rings is 1. The molecular formula is C21H20N2O3. The summed E-state index contributed by atoms with van der Waals surface area (Å²) in [7, 11) is 0. The molecule has 26 heavy (non-hydrogen) atoms. The normalized spacial score (nSPS) is 17.6. The first-order valence-electron chi connectivity index (χ1n) is 8.90.